The predicted molar refractivity (Wildman–Crippen MR) is 190 cm³/mol. The molecule has 0 saturated heterocycles. The first-order valence-corrected chi connectivity index (χ1v) is 16.7. The molecule has 0 aliphatic heterocycles. The van der Waals surface area contributed by atoms with Crippen LogP contribution in [0.25, 0.3) is 22.3 Å². The Labute approximate surface area is 288 Å². The molecule has 0 unspecified atom stereocenters. The molecule has 0 atom stereocenters. The van der Waals surface area contributed by atoms with Gasteiger partial charge in [0.2, 0.25) is 0 Å². The second-order valence-corrected chi connectivity index (χ2v) is 13.6. The van der Waals surface area contributed by atoms with E-state index in [1.54, 1.807) is 0 Å². The molecule has 242 valence electrons. The molecule has 0 fully saturated rings. The summed E-state index contributed by atoms with van der Waals surface area (Å²) < 4.78 is 58.2. The Morgan fingerprint density at radius 2 is 0.560 bits per heavy atom. The van der Waals surface area contributed by atoms with E-state index in [1.807, 2.05) is 48.5 Å². The first-order chi connectivity index (χ1) is 24.2. The standard InChI is InChI=1S/C46H30F4/c1-27-3-21-37-39-25-44-40(26-43(39)45(41(37)23-27,29-5-13-33(47)14-6-29)30-7-15-34(48)16-8-30)38-22-4-28(2)24-42(38)46(44,31-9-17-35(49)18-10-31)32-11-19-36(50)20-12-32/h3-26H,1-2H3. The Morgan fingerprint density at radius 1 is 0.300 bits per heavy atom. The Kier molecular flexibility index (Phi) is 6.60. The minimum absolute atomic E-state index is 0.340. The van der Waals surface area contributed by atoms with Crippen molar-refractivity contribution in [3.8, 4) is 22.3 Å². The number of benzene rings is 7. The van der Waals surface area contributed by atoms with Crippen LogP contribution in [0.3, 0.4) is 0 Å². The lowest BCUT2D eigenvalue weighted by atomic mass is 9.65. The Hall–Kier alpha value is -5.74. The van der Waals surface area contributed by atoms with E-state index in [0.29, 0.717) is 0 Å². The van der Waals surface area contributed by atoms with Crippen molar-refractivity contribution in [2.24, 2.45) is 0 Å². The van der Waals surface area contributed by atoms with Crippen LogP contribution >= 0.6 is 0 Å². The van der Waals surface area contributed by atoms with Crippen molar-refractivity contribution >= 4 is 0 Å². The van der Waals surface area contributed by atoms with E-state index in [4.69, 9.17) is 0 Å². The van der Waals surface area contributed by atoms with Gasteiger partial charge in [0.05, 0.1) is 10.8 Å². The maximum atomic E-state index is 14.5. The van der Waals surface area contributed by atoms with Gasteiger partial charge in [-0.15, -0.1) is 0 Å². The molecule has 4 heteroatoms. The molecule has 0 nitrogen and oxygen atoms in total. The van der Waals surface area contributed by atoms with E-state index < -0.39 is 10.8 Å². The quantitative estimate of drug-likeness (QED) is 0.165. The van der Waals surface area contributed by atoms with Gasteiger partial charge in [0, 0.05) is 0 Å². The van der Waals surface area contributed by atoms with E-state index in [-0.39, 0.29) is 23.3 Å². The predicted octanol–water partition coefficient (Wildman–Crippen LogP) is 11.6. The lowest BCUT2D eigenvalue weighted by Gasteiger charge is -2.35. The number of hydrogen-bond donors (Lipinski definition) is 0. The maximum Gasteiger partial charge on any atom is 0.123 e. The minimum atomic E-state index is -0.894. The van der Waals surface area contributed by atoms with Crippen LogP contribution in [0.4, 0.5) is 17.6 Å². The Bertz CT molecular complexity index is 2190. The van der Waals surface area contributed by atoms with Gasteiger partial charge < -0.3 is 0 Å². The van der Waals surface area contributed by atoms with Crippen molar-refractivity contribution in [1.29, 1.82) is 0 Å². The van der Waals surface area contributed by atoms with Crippen molar-refractivity contribution in [2.75, 3.05) is 0 Å². The average molecular weight is 659 g/mol. The first kappa shape index (κ1) is 30.3. The summed E-state index contributed by atoms with van der Waals surface area (Å²) in [5, 5.41) is 0. The van der Waals surface area contributed by atoms with Gasteiger partial charge in [-0.05, 0) is 141 Å². The summed E-state index contributed by atoms with van der Waals surface area (Å²) in [6.45, 7) is 4.10. The van der Waals surface area contributed by atoms with Crippen LogP contribution in [0, 0.1) is 37.1 Å². The van der Waals surface area contributed by atoms with Crippen molar-refractivity contribution in [3.05, 3.63) is 224 Å². The molecular formula is C46H30F4. The summed E-state index contributed by atoms with van der Waals surface area (Å²) >= 11 is 0. The second kappa shape index (κ2) is 10.9. The van der Waals surface area contributed by atoms with Crippen molar-refractivity contribution in [1.82, 2.24) is 0 Å². The molecule has 7 aromatic carbocycles. The smallest absolute Gasteiger partial charge is 0.123 e. The summed E-state index contributed by atoms with van der Waals surface area (Å²) in [6, 6.07) is 43.7. The fraction of sp³-hybridized carbons (Fsp3) is 0.0870. The maximum absolute atomic E-state index is 14.5. The molecule has 0 N–H and O–H groups in total. The molecular weight excluding hydrogens is 628 g/mol. The summed E-state index contributed by atoms with van der Waals surface area (Å²) in [5.74, 6) is -1.36. The summed E-state index contributed by atoms with van der Waals surface area (Å²) in [5.41, 5.74) is 11.8. The molecule has 0 bridgehead atoms. The molecule has 2 aliphatic carbocycles. The minimum Gasteiger partial charge on any atom is -0.207 e. The zero-order valence-electron chi connectivity index (χ0n) is 27.4. The highest BCUT2D eigenvalue weighted by Crippen LogP contribution is 2.62. The molecule has 0 aromatic heterocycles. The third kappa shape index (κ3) is 4.11. The molecule has 0 heterocycles. The highest BCUT2D eigenvalue weighted by atomic mass is 19.1. The fourth-order valence-corrected chi connectivity index (χ4v) is 8.74. The Balaban J connectivity index is 1.46. The zero-order chi connectivity index (χ0) is 34.4. The van der Waals surface area contributed by atoms with Crippen molar-refractivity contribution < 1.29 is 17.6 Å². The molecule has 2 aliphatic rings. The molecule has 0 saturated carbocycles. The van der Waals surface area contributed by atoms with Gasteiger partial charge in [-0.3, -0.25) is 0 Å². The third-order valence-electron chi connectivity index (χ3n) is 10.8. The van der Waals surface area contributed by atoms with Crippen LogP contribution < -0.4 is 0 Å². The van der Waals surface area contributed by atoms with Gasteiger partial charge >= 0.3 is 0 Å². The third-order valence-corrected chi connectivity index (χ3v) is 10.8. The summed E-state index contributed by atoms with van der Waals surface area (Å²) in [4.78, 5) is 0. The molecule has 7 aromatic rings. The summed E-state index contributed by atoms with van der Waals surface area (Å²) in [7, 11) is 0. The first-order valence-electron chi connectivity index (χ1n) is 16.7. The largest absolute Gasteiger partial charge is 0.207 e. The molecule has 0 radical (unpaired) electrons. The van der Waals surface area contributed by atoms with Crippen LogP contribution in [-0.4, -0.2) is 0 Å². The van der Waals surface area contributed by atoms with Gasteiger partial charge in [-0.2, -0.15) is 0 Å². The molecule has 0 amide bonds. The van der Waals surface area contributed by atoms with E-state index >= 15 is 0 Å². The number of rotatable bonds is 4. The van der Waals surface area contributed by atoms with Crippen LogP contribution in [0.1, 0.15) is 55.6 Å². The molecule has 9 rings (SSSR count). The van der Waals surface area contributed by atoms with Gasteiger partial charge in [-0.25, -0.2) is 17.6 Å². The van der Waals surface area contributed by atoms with E-state index in [9.17, 15) is 17.6 Å². The highest BCUT2D eigenvalue weighted by Gasteiger charge is 2.51. The van der Waals surface area contributed by atoms with Crippen LogP contribution in [-0.2, 0) is 10.8 Å². The molecule has 50 heavy (non-hydrogen) atoms. The number of halogens is 4. The van der Waals surface area contributed by atoms with Crippen molar-refractivity contribution in [2.45, 2.75) is 24.7 Å². The molecule has 0 spiro atoms. The zero-order valence-corrected chi connectivity index (χ0v) is 27.4. The number of aryl methyl sites for hydroxylation is 2. The van der Waals surface area contributed by atoms with Crippen LogP contribution in [0.15, 0.2) is 146 Å². The highest BCUT2D eigenvalue weighted by molar-refractivity contribution is 5.94. The second-order valence-electron chi connectivity index (χ2n) is 13.6. The van der Waals surface area contributed by atoms with Crippen LogP contribution in [0.2, 0.25) is 0 Å². The summed E-state index contributed by atoms with van der Waals surface area (Å²) in [6.07, 6.45) is 0. The van der Waals surface area contributed by atoms with E-state index in [0.717, 1.165) is 77.9 Å². The SMILES string of the molecule is Cc1ccc2c(c1)C(c1ccc(F)cc1)(c1ccc(F)cc1)c1cc3c(cc1-2)C(c1ccc(F)cc1)(c1ccc(F)cc1)c1cc(C)ccc1-3. The van der Waals surface area contributed by atoms with Crippen LogP contribution in [0.5, 0.6) is 0 Å². The van der Waals surface area contributed by atoms with Gasteiger partial charge in [0.25, 0.3) is 0 Å². The van der Waals surface area contributed by atoms with Gasteiger partial charge in [0.1, 0.15) is 23.3 Å². The van der Waals surface area contributed by atoms with E-state index in [2.05, 4.69) is 62.4 Å². The lowest BCUT2D eigenvalue weighted by molar-refractivity contribution is 0.621. The average Bonchev–Trinajstić information content (AvgIpc) is 3.55. The van der Waals surface area contributed by atoms with E-state index in [1.165, 1.54) is 48.5 Å². The Morgan fingerprint density at radius 3 is 0.840 bits per heavy atom. The monoisotopic (exact) mass is 658 g/mol. The topological polar surface area (TPSA) is 0 Å². The normalized spacial score (nSPS) is 14.5. The van der Waals surface area contributed by atoms with Gasteiger partial charge in [0.15, 0.2) is 0 Å². The van der Waals surface area contributed by atoms with Crippen molar-refractivity contribution in [3.63, 3.8) is 0 Å². The number of fused-ring (bicyclic) bond motifs is 6. The van der Waals surface area contributed by atoms with Gasteiger partial charge in [-0.1, -0.05) is 96.1 Å². The lowest BCUT2D eigenvalue weighted by Crippen LogP contribution is -2.30. The number of hydrogen-bond acceptors (Lipinski definition) is 0. The fourth-order valence-electron chi connectivity index (χ4n) is 8.74.